The number of phenols is 1. The summed E-state index contributed by atoms with van der Waals surface area (Å²) in [6.45, 7) is 0. The maximum Gasteiger partial charge on any atom is 0.448 e. The summed E-state index contributed by atoms with van der Waals surface area (Å²) in [7, 11) is -11.1. The zero-order chi connectivity index (χ0) is 26.9. The van der Waals surface area contributed by atoms with E-state index in [4.69, 9.17) is 8.92 Å². The summed E-state index contributed by atoms with van der Waals surface area (Å²) in [4.78, 5) is 12.8. The first-order valence-electron chi connectivity index (χ1n) is 9.40. The molecule has 0 fully saturated rings. The lowest BCUT2D eigenvalue weighted by molar-refractivity contribution is 0.0856. The van der Waals surface area contributed by atoms with Crippen LogP contribution in [0.25, 0.3) is 0 Å². The van der Waals surface area contributed by atoms with Crippen LogP contribution in [0.15, 0.2) is 30.3 Å². The average Bonchev–Trinajstić information content (AvgIpc) is 3.10. The van der Waals surface area contributed by atoms with E-state index in [0.717, 1.165) is 45.6 Å². The van der Waals surface area contributed by atoms with Crippen LogP contribution in [-0.4, -0.2) is 63.6 Å². The highest BCUT2D eigenvalue weighted by molar-refractivity contribution is 7.82. The molecule has 0 bridgehead atoms. The Balaban J connectivity index is 1.90. The molecule has 36 heavy (non-hydrogen) atoms. The van der Waals surface area contributed by atoms with Crippen LogP contribution >= 0.6 is 0 Å². The Hall–Kier alpha value is -3.16. The van der Waals surface area contributed by atoms with Crippen LogP contribution in [0.5, 0.6) is 28.7 Å². The molecule has 0 radical (unpaired) electrons. The second-order valence-electron chi connectivity index (χ2n) is 6.75. The number of fused-ring (bicyclic) bond motifs is 1. The Morgan fingerprint density at radius 1 is 0.806 bits per heavy atom. The van der Waals surface area contributed by atoms with E-state index in [1.54, 1.807) is 0 Å². The molecular weight excluding hydrogens is 552 g/mol. The molecule has 1 atom stereocenters. The van der Waals surface area contributed by atoms with Gasteiger partial charge in [0.1, 0.15) is 17.1 Å². The molecule has 2 aromatic rings. The fraction of sp³-hybridized carbons (Fsp3) is 0.278. The minimum atomic E-state index is -4.60. The fourth-order valence-corrected chi connectivity index (χ4v) is 4.18. The largest absolute Gasteiger partial charge is 0.507 e. The van der Waals surface area contributed by atoms with Crippen LogP contribution in [0, 0.1) is 0 Å². The molecule has 0 saturated heterocycles. The van der Waals surface area contributed by atoms with E-state index in [0.29, 0.717) is 0 Å². The minimum Gasteiger partial charge on any atom is -0.507 e. The molecule has 1 heterocycles. The molecule has 0 aromatic heterocycles. The van der Waals surface area contributed by atoms with Gasteiger partial charge in [-0.15, -0.1) is 0 Å². The third-order valence-electron chi connectivity index (χ3n) is 4.49. The highest BCUT2D eigenvalue weighted by Crippen LogP contribution is 2.41. The molecule has 15 nitrogen and oxygen atoms in total. The van der Waals surface area contributed by atoms with Gasteiger partial charge in [0.15, 0.2) is 23.4 Å². The van der Waals surface area contributed by atoms with E-state index in [2.05, 4.69) is 20.9 Å². The number of rotatable bonds is 11. The summed E-state index contributed by atoms with van der Waals surface area (Å²) in [6, 6.07) is 5.30. The molecule has 1 aliphatic rings. The Morgan fingerprint density at radius 2 is 1.36 bits per heavy atom. The maximum absolute atomic E-state index is 12.8. The van der Waals surface area contributed by atoms with Gasteiger partial charge in [0.05, 0.1) is 21.3 Å². The third-order valence-corrected chi connectivity index (χ3v) is 6.88. The number of carbonyl (C=O) groups is 1. The Labute approximate surface area is 206 Å². The fourth-order valence-electron chi connectivity index (χ4n) is 2.93. The quantitative estimate of drug-likeness (QED) is 0.388. The van der Waals surface area contributed by atoms with Crippen molar-refractivity contribution < 1.29 is 65.0 Å². The lowest BCUT2D eigenvalue weighted by Gasteiger charge is -2.14. The Bertz CT molecular complexity index is 1490. The Morgan fingerprint density at radius 3 is 1.94 bits per heavy atom. The van der Waals surface area contributed by atoms with Crippen LogP contribution in [0.2, 0.25) is 0 Å². The third kappa shape index (κ3) is 6.33. The topological polar surface area (TPSA) is 204 Å². The van der Waals surface area contributed by atoms with E-state index in [1.165, 1.54) is 6.07 Å². The molecule has 3 rings (SSSR count). The number of ketones is 1. The zero-order valence-electron chi connectivity index (χ0n) is 18.6. The molecule has 198 valence electrons. The summed E-state index contributed by atoms with van der Waals surface area (Å²) in [5, 5.41) is 10.2. The van der Waals surface area contributed by atoms with E-state index in [9.17, 15) is 35.2 Å². The van der Waals surface area contributed by atoms with E-state index in [-0.39, 0.29) is 29.0 Å². The number of benzene rings is 2. The predicted octanol–water partition coefficient (Wildman–Crippen LogP) is 0.389. The standard InChI is InChI=1S/C18H18O15S3/c1-27-34(21,22)31-11-8-12(19)17-15(9-11)30-16(18(17)20)7-10-4-5-13(32-35(23,24)28-2)14(6-10)33-36(25,26)29-3/h4-6,8-9,16,19H,7H2,1-3H3. The van der Waals surface area contributed by atoms with Gasteiger partial charge < -0.3 is 22.4 Å². The van der Waals surface area contributed by atoms with E-state index >= 15 is 0 Å². The van der Waals surface area contributed by atoms with Gasteiger partial charge in [-0.3, -0.25) is 4.79 Å². The highest BCUT2D eigenvalue weighted by atomic mass is 32.3. The SMILES string of the molecule is COS(=O)(=O)Oc1cc(O)c2c(c1)OC(Cc1ccc(OS(=O)(=O)OC)c(OS(=O)(=O)OC)c1)C2=O. The first-order valence-corrected chi connectivity index (χ1v) is 13.4. The van der Waals surface area contributed by atoms with Gasteiger partial charge in [-0.1, -0.05) is 6.07 Å². The maximum atomic E-state index is 12.8. The van der Waals surface area contributed by atoms with Crippen molar-refractivity contribution in [2.45, 2.75) is 12.5 Å². The minimum absolute atomic E-state index is 0.184. The molecule has 0 saturated carbocycles. The average molecular weight is 571 g/mol. The number of phenolic OH excluding ortho intramolecular Hbond substituents is 1. The van der Waals surface area contributed by atoms with Gasteiger partial charge in [-0.05, 0) is 17.7 Å². The van der Waals surface area contributed by atoms with E-state index < -0.39 is 60.3 Å². The summed E-state index contributed by atoms with van der Waals surface area (Å²) in [5.41, 5.74) is -0.0331. The van der Waals surface area contributed by atoms with Gasteiger partial charge in [-0.25, -0.2) is 12.5 Å². The van der Waals surface area contributed by atoms with E-state index in [1.807, 2.05) is 0 Å². The van der Waals surface area contributed by atoms with Crippen molar-refractivity contribution in [3.8, 4) is 28.7 Å². The number of hydrogen-bond acceptors (Lipinski definition) is 15. The molecular formula is C18H18O15S3. The van der Waals surface area contributed by atoms with Crippen molar-refractivity contribution in [3.05, 3.63) is 41.5 Å². The van der Waals surface area contributed by atoms with Crippen molar-refractivity contribution in [2.75, 3.05) is 21.3 Å². The summed E-state index contributed by atoms with van der Waals surface area (Å²) >= 11 is 0. The monoisotopic (exact) mass is 570 g/mol. The van der Waals surface area contributed by atoms with Crippen molar-refractivity contribution in [1.82, 2.24) is 0 Å². The van der Waals surface area contributed by atoms with Gasteiger partial charge in [0.2, 0.25) is 5.78 Å². The van der Waals surface area contributed by atoms with Crippen LogP contribution in [-0.2, 0) is 50.2 Å². The molecule has 1 N–H and O–H groups in total. The number of carbonyl (C=O) groups excluding carboxylic acids is 1. The zero-order valence-corrected chi connectivity index (χ0v) is 21.0. The molecule has 0 spiro atoms. The summed E-state index contributed by atoms with van der Waals surface area (Å²) < 4.78 is 102. The number of Topliss-reactive ketones (excluding diaryl/α,β-unsaturated/α-hetero) is 1. The number of aromatic hydroxyl groups is 1. The first-order chi connectivity index (χ1) is 16.7. The second kappa shape index (κ2) is 10.1. The molecule has 0 amide bonds. The van der Waals surface area contributed by atoms with Crippen molar-refractivity contribution >= 4 is 37.0 Å². The molecule has 1 unspecified atom stereocenters. The molecule has 18 heteroatoms. The lowest BCUT2D eigenvalue weighted by Crippen LogP contribution is -2.23. The van der Waals surface area contributed by atoms with Gasteiger partial charge >= 0.3 is 31.2 Å². The smallest absolute Gasteiger partial charge is 0.448 e. The van der Waals surface area contributed by atoms with Crippen LogP contribution in [0.3, 0.4) is 0 Å². The van der Waals surface area contributed by atoms with Gasteiger partial charge in [0.25, 0.3) is 0 Å². The molecule has 2 aromatic carbocycles. The summed E-state index contributed by atoms with van der Waals surface area (Å²) in [5.74, 6) is -3.05. The molecule has 0 aliphatic carbocycles. The van der Waals surface area contributed by atoms with Crippen molar-refractivity contribution in [1.29, 1.82) is 0 Å². The highest BCUT2D eigenvalue weighted by Gasteiger charge is 2.36. The lowest BCUT2D eigenvalue weighted by atomic mass is 10.0. The first kappa shape index (κ1) is 27.4. The number of hydrogen-bond donors (Lipinski definition) is 1. The molecule has 1 aliphatic heterocycles. The second-order valence-corrected chi connectivity index (χ2v) is 10.7. The van der Waals surface area contributed by atoms with Crippen LogP contribution in [0.1, 0.15) is 15.9 Å². The summed E-state index contributed by atoms with van der Waals surface area (Å²) in [6.07, 6.45) is -1.47. The normalized spacial score (nSPS) is 15.8. The Kier molecular flexibility index (Phi) is 7.67. The van der Waals surface area contributed by atoms with Gasteiger partial charge in [-0.2, -0.15) is 25.3 Å². The van der Waals surface area contributed by atoms with Crippen LogP contribution < -0.4 is 17.3 Å². The van der Waals surface area contributed by atoms with Gasteiger partial charge in [0, 0.05) is 18.6 Å². The predicted molar refractivity (Wildman–Crippen MR) is 117 cm³/mol. The van der Waals surface area contributed by atoms with Crippen LogP contribution in [0.4, 0.5) is 0 Å². The van der Waals surface area contributed by atoms with Crippen molar-refractivity contribution in [2.24, 2.45) is 0 Å². The van der Waals surface area contributed by atoms with Crippen molar-refractivity contribution in [3.63, 3.8) is 0 Å². The number of ether oxygens (including phenoxy) is 1.